The van der Waals surface area contributed by atoms with Gasteiger partial charge in [0.25, 0.3) is 6.20 Å². The van der Waals surface area contributed by atoms with Crippen LogP contribution in [0.1, 0.15) is 5.56 Å². The Morgan fingerprint density at radius 2 is 2.50 bits per heavy atom. The summed E-state index contributed by atoms with van der Waals surface area (Å²) in [6.45, 7) is 0.321. The van der Waals surface area contributed by atoms with Gasteiger partial charge in [0.05, 0.1) is 17.2 Å². The maximum atomic E-state index is 10.5. The van der Waals surface area contributed by atoms with Gasteiger partial charge in [-0.15, -0.1) is 0 Å². The monoisotopic (exact) mass is 293 g/mol. The third-order valence-corrected chi connectivity index (χ3v) is 2.70. The maximum Gasteiger partial charge on any atom is 0.274 e. The first-order chi connectivity index (χ1) is 9.60. The van der Waals surface area contributed by atoms with Gasteiger partial charge in [0.1, 0.15) is 5.15 Å². The van der Waals surface area contributed by atoms with E-state index in [0.717, 1.165) is 6.20 Å². The van der Waals surface area contributed by atoms with Crippen molar-refractivity contribution in [1.82, 2.24) is 15.2 Å². The van der Waals surface area contributed by atoms with Crippen LogP contribution >= 0.6 is 11.6 Å². The predicted molar refractivity (Wildman–Crippen MR) is 70.9 cm³/mol. The Morgan fingerprint density at radius 1 is 1.70 bits per heavy atom. The van der Waals surface area contributed by atoms with E-state index in [4.69, 9.17) is 17.1 Å². The highest BCUT2D eigenvalue weighted by atomic mass is 35.5. The van der Waals surface area contributed by atoms with Crippen LogP contribution in [0.4, 0.5) is 5.69 Å². The zero-order valence-electron chi connectivity index (χ0n) is 9.97. The number of nitro groups is 1. The van der Waals surface area contributed by atoms with E-state index < -0.39 is 4.92 Å². The summed E-state index contributed by atoms with van der Waals surface area (Å²) in [7, 11) is 0. The van der Waals surface area contributed by atoms with Crippen molar-refractivity contribution in [3.8, 4) is 0 Å². The lowest BCUT2D eigenvalue weighted by molar-refractivity contribution is -0.404. The van der Waals surface area contributed by atoms with Crippen molar-refractivity contribution in [2.45, 2.75) is 6.54 Å². The summed E-state index contributed by atoms with van der Waals surface area (Å²) in [4.78, 5) is 18.1. The summed E-state index contributed by atoms with van der Waals surface area (Å²) < 4.78 is 0. The summed E-state index contributed by atoms with van der Waals surface area (Å²) in [6, 6.07) is 1.57. The third-order valence-electron chi connectivity index (χ3n) is 2.41. The number of hydrogen-bond donors (Lipinski definition) is 1. The van der Waals surface area contributed by atoms with Crippen molar-refractivity contribution in [2.75, 3.05) is 0 Å². The van der Waals surface area contributed by atoms with Crippen LogP contribution in [0.2, 0.25) is 5.15 Å². The lowest BCUT2D eigenvalue weighted by Crippen LogP contribution is -2.19. The van der Waals surface area contributed by atoms with Gasteiger partial charge in [-0.3, -0.25) is 10.1 Å². The number of nitrogens with zero attached hydrogens (tertiary/aromatic N) is 6. The predicted octanol–water partition coefficient (Wildman–Crippen LogP) is 2.63. The Morgan fingerprint density at radius 3 is 3.20 bits per heavy atom. The smallest absolute Gasteiger partial charge is 0.274 e. The van der Waals surface area contributed by atoms with E-state index in [1.807, 2.05) is 0 Å². The molecule has 0 unspecified atom stereocenters. The van der Waals surface area contributed by atoms with Gasteiger partial charge in [-0.1, -0.05) is 16.7 Å². The number of nitrogens with one attached hydrogen (secondary N) is 1. The molecule has 20 heavy (non-hydrogen) atoms. The van der Waals surface area contributed by atoms with Crippen LogP contribution in [0, 0.1) is 10.1 Å². The lowest BCUT2D eigenvalue weighted by atomic mass is 10.2. The zero-order valence-corrected chi connectivity index (χ0v) is 10.7. The highest BCUT2D eigenvalue weighted by Crippen LogP contribution is 2.25. The molecule has 102 valence electrons. The second kappa shape index (κ2) is 5.91. The molecule has 2 rings (SSSR count). The molecule has 1 aliphatic heterocycles. The molecule has 1 N–H and O–H groups in total. The van der Waals surface area contributed by atoms with Gasteiger partial charge < -0.3 is 10.2 Å². The van der Waals surface area contributed by atoms with Gasteiger partial charge in [-0.05, 0) is 17.2 Å². The third kappa shape index (κ3) is 3.16. The van der Waals surface area contributed by atoms with E-state index in [2.05, 4.69) is 20.3 Å². The molecule has 0 fully saturated rings. The molecule has 1 aliphatic rings. The number of pyridine rings is 1. The number of rotatable bonds is 4. The fraction of sp³-hybridized carbons (Fsp3) is 0.100. The molecule has 0 saturated carbocycles. The molecule has 1 aromatic heterocycles. The molecule has 0 radical (unpaired) electrons. The molecule has 0 spiro atoms. The molecule has 0 aromatic carbocycles. The highest BCUT2D eigenvalue weighted by molar-refractivity contribution is 6.31. The van der Waals surface area contributed by atoms with Crippen LogP contribution < -0.4 is 5.32 Å². The summed E-state index contributed by atoms with van der Waals surface area (Å²) in [5.41, 5.74) is 9.32. The van der Waals surface area contributed by atoms with E-state index in [-0.39, 0.29) is 10.8 Å². The van der Waals surface area contributed by atoms with Crippen molar-refractivity contribution in [1.29, 1.82) is 0 Å². The summed E-state index contributed by atoms with van der Waals surface area (Å²) in [5.74, 6) is 0.329. The van der Waals surface area contributed by atoms with Crippen LogP contribution in [0.3, 0.4) is 0 Å². The van der Waals surface area contributed by atoms with Gasteiger partial charge >= 0.3 is 0 Å². The molecule has 9 nitrogen and oxygen atoms in total. The van der Waals surface area contributed by atoms with Crippen molar-refractivity contribution in [3.63, 3.8) is 0 Å². The largest absolute Gasteiger partial charge is 0.341 e. The Balaban J connectivity index is 2.21. The normalized spacial score (nSPS) is 15.1. The Kier molecular flexibility index (Phi) is 4.04. The second-order valence-electron chi connectivity index (χ2n) is 3.73. The average molecular weight is 294 g/mol. The number of azide groups is 1. The molecule has 0 atom stereocenters. The minimum atomic E-state index is -0.548. The first-order valence-corrected chi connectivity index (χ1v) is 5.72. The van der Waals surface area contributed by atoms with Crippen LogP contribution in [-0.4, -0.2) is 14.8 Å². The van der Waals surface area contributed by atoms with Crippen LogP contribution in [-0.2, 0) is 6.54 Å². The van der Waals surface area contributed by atoms with Gasteiger partial charge in [0.2, 0.25) is 0 Å². The van der Waals surface area contributed by atoms with Crippen LogP contribution in [0.5, 0.6) is 0 Å². The topological polar surface area (TPSA) is 120 Å². The molecular formula is C10H8ClN7O2. The first-order valence-electron chi connectivity index (χ1n) is 5.35. The summed E-state index contributed by atoms with van der Waals surface area (Å²) in [5, 5.41) is 16.8. The number of aromatic nitrogens is 1. The molecule has 2 heterocycles. The SMILES string of the molecule is [N-]=[N+]=Nc1cc(CN2C=CN/C2=C/[N+](=O)[O-])cnc1Cl. The van der Waals surface area contributed by atoms with Crippen molar-refractivity contribution < 1.29 is 4.92 Å². The molecule has 0 amide bonds. The Labute approximate surface area is 117 Å². The van der Waals surface area contributed by atoms with Gasteiger partial charge in [0.15, 0.2) is 5.82 Å². The molecule has 1 aromatic rings. The molecule has 0 bridgehead atoms. The quantitative estimate of drug-likeness (QED) is 0.228. The molecule has 10 heteroatoms. The van der Waals surface area contributed by atoms with Gasteiger partial charge in [0, 0.05) is 23.5 Å². The fourth-order valence-electron chi connectivity index (χ4n) is 1.60. The second-order valence-corrected chi connectivity index (χ2v) is 4.09. The number of halogens is 1. The molecule has 0 saturated heterocycles. The Hall–Kier alpha value is -2.77. The minimum absolute atomic E-state index is 0.0997. The molecule has 0 aliphatic carbocycles. The number of hydrogen-bond acceptors (Lipinski definition) is 6. The van der Waals surface area contributed by atoms with E-state index in [0.29, 0.717) is 17.9 Å². The van der Waals surface area contributed by atoms with Crippen molar-refractivity contribution >= 4 is 17.3 Å². The maximum absolute atomic E-state index is 10.5. The summed E-state index contributed by atoms with van der Waals surface area (Å²) >= 11 is 5.77. The Bertz CT molecular complexity index is 651. The average Bonchev–Trinajstić information content (AvgIpc) is 2.80. The lowest BCUT2D eigenvalue weighted by Gasteiger charge is -2.16. The van der Waals surface area contributed by atoms with E-state index in [1.165, 1.54) is 6.20 Å². The van der Waals surface area contributed by atoms with Crippen LogP contribution in [0.15, 0.2) is 41.8 Å². The fourth-order valence-corrected chi connectivity index (χ4v) is 1.75. The van der Waals surface area contributed by atoms with Crippen molar-refractivity contribution in [3.05, 3.63) is 68.0 Å². The minimum Gasteiger partial charge on any atom is -0.341 e. The van der Waals surface area contributed by atoms with Crippen molar-refractivity contribution in [2.24, 2.45) is 5.11 Å². The van der Waals surface area contributed by atoms with Crippen LogP contribution in [0.25, 0.3) is 10.4 Å². The van der Waals surface area contributed by atoms with E-state index in [1.54, 1.807) is 23.4 Å². The van der Waals surface area contributed by atoms with Gasteiger partial charge in [-0.2, -0.15) is 0 Å². The van der Waals surface area contributed by atoms with E-state index >= 15 is 0 Å². The zero-order chi connectivity index (χ0) is 14.5. The first kappa shape index (κ1) is 13.7. The standard InChI is InChI=1S/C10H8ClN7O2/c11-10-8(15-16-12)3-7(4-14-10)5-17-2-1-13-9(17)6-18(19)20/h1-4,6,13H,5H2/b9-6-. The summed E-state index contributed by atoms with van der Waals surface area (Å²) in [6.07, 6.45) is 5.59. The van der Waals surface area contributed by atoms with E-state index in [9.17, 15) is 10.1 Å². The molecular weight excluding hydrogens is 286 g/mol. The van der Waals surface area contributed by atoms with Gasteiger partial charge in [-0.25, -0.2) is 4.98 Å². The highest BCUT2D eigenvalue weighted by Gasteiger charge is 2.15.